The summed E-state index contributed by atoms with van der Waals surface area (Å²) >= 11 is 0. The zero-order valence-corrected chi connectivity index (χ0v) is 14.4. The average molecular weight is 353 g/mol. The van der Waals surface area contributed by atoms with E-state index in [0.717, 1.165) is 5.56 Å². The largest absolute Gasteiger partial charge is 0.478 e. The summed E-state index contributed by atoms with van der Waals surface area (Å²) < 4.78 is 1.89. The summed E-state index contributed by atoms with van der Waals surface area (Å²) in [6.45, 7) is 3.86. The molecule has 1 aliphatic heterocycles. The highest BCUT2D eigenvalue weighted by molar-refractivity contribution is 5.98. The summed E-state index contributed by atoms with van der Waals surface area (Å²) in [6.07, 6.45) is 5.20. The SMILES string of the molecule is CC1=C(C(=O)O)C(c2cccc(Cn3ccnc3)c2)C(C(=O)O)=C(C)N1. The zero-order valence-electron chi connectivity index (χ0n) is 14.4. The molecule has 0 unspecified atom stereocenters. The standard InChI is InChI=1S/C19H19N3O4/c1-11-15(18(23)24)17(16(19(25)26)12(2)21-11)14-5-3-4-13(8-14)9-22-7-6-20-10-22/h3-8,10,17,21H,9H2,1-2H3,(H,23,24)(H,25,26). The molecule has 0 saturated carbocycles. The molecule has 7 nitrogen and oxygen atoms in total. The van der Waals surface area contributed by atoms with Crippen molar-refractivity contribution in [3.8, 4) is 0 Å². The average Bonchev–Trinajstić information content (AvgIpc) is 3.06. The molecule has 26 heavy (non-hydrogen) atoms. The minimum absolute atomic E-state index is 0.0489. The first-order valence-corrected chi connectivity index (χ1v) is 8.08. The summed E-state index contributed by atoms with van der Waals surface area (Å²) in [4.78, 5) is 27.7. The number of nitrogens with one attached hydrogen (secondary N) is 1. The number of dihydropyridines is 1. The van der Waals surface area contributed by atoms with Crippen LogP contribution in [0.1, 0.15) is 30.9 Å². The van der Waals surface area contributed by atoms with Crippen molar-refractivity contribution < 1.29 is 19.8 Å². The van der Waals surface area contributed by atoms with Crippen molar-refractivity contribution >= 4 is 11.9 Å². The summed E-state index contributed by atoms with van der Waals surface area (Å²) in [5, 5.41) is 22.2. The fourth-order valence-corrected chi connectivity index (χ4v) is 3.36. The van der Waals surface area contributed by atoms with Crippen molar-refractivity contribution in [3.05, 3.63) is 76.7 Å². The molecule has 1 aromatic carbocycles. The molecule has 0 spiro atoms. The highest BCUT2D eigenvalue weighted by Crippen LogP contribution is 2.38. The maximum Gasteiger partial charge on any atom is 0.334 e. The van der Waals surface area contributed by atoms with Gasteiger partial charge in [0.25, 0.3) is 0 Å². The van der Waals surface area contributed by atoms with E-state index < -0.39 is 17.9 Å². The van der Waals surface area contributed by atoms with Gasteiger partial charge in [0.1, 0.15) is 0 Å². The van der Waals surface area contributed by atoms with Gasteiger partial charge in [-0.05, 0) is 25.0 Å². The third-order valence-corrected chi connectivity index (χ3v) is 4.43. The lowest BCUT2D eigenvalue weighted by atomic mass is 9.80. The first-order valence-electron chi connectivity index (χ1n) is 8.08. The maximum atomic E-state index is 11.8. The molecule has 2 heterocycles. The summed E-state index contributed by atoms with van der Waals surface area (Å²) in [5.74, 6) is -3.11. The second-order valence-electron chi connectivity index (χ2n) is 6.23. The van der Waals surface area contributed by atoms with Crippen LogP contribution >= 0.6 is 0 Å². The molecule has 0 radical (unpaired) electrons. The zero-order chi connectivity index (χ0) is 18.8. The van der Waals surface area contributed by atoms with Crippen LogP contribution in [0.3, 0.4) is 0 Å². The number of imidazole rings is 1. The Kier molecular flexibility index (Phi) is 4.62. The van der Waals surface area contributed by atoms with E-state index in [-0.39, 0.29) is 11.1 Å². The van der Waals surface area contributed by atoms with Crippen LogP contribution in [0.5, 0.6) is 0 Å². The van der Waals surface area contributed by atoms with Gasteiger partial charge in [0.05, 0.1) is 23.4 Å². The Balaban J connectivity index is 2.09. The maximum absolute atomic E-state index is 11.8. The van der Waals surface area contributed by atoms with E-state index in [1.54, 1.807) is 32.4 Å². The summed E-state index contributed by atoms with van der Waals surface area (Å²) in [6, 6.07) is 7.34. The lowest BCUT2D eigenvalue weighted by molar-refractivity contribution is -0.133. The van der Waals surface area contributed by atoms with Crippen molar-refractivity contribution in [1.29, 1.82) is 0 Å². The van der Waals surface area contributed by atoms with Crippen LogP contribution in [0.2, 0.25) is 0 Å². The van der Waals surface area contributed by atoms with Crippen LogP contribution in [-0.2, 0) is 16.1 Å². The highest BCUT2D eigenvalue weighted by Gasteiger charge is 2.36. The minimum atomic E-state index is -1.13. The third-order valence-electron chi connectivity index (χ3n) is 4.43. The molecule has 3 N–H and O–H groups in total. The molecular weight excluding hydrogens is 334 g/mol. The van der Waals surface area contributed by atoms with Gasteiger partial charge in [0, 0.05) is 30.3 Å². The minimum Gasteiger partial charge on any atom is -0.478 e. The molecule has 3 rings (SSSR count). The van der Waals surface area contributed by atoms with Crippen LogP contribution < -0.4 is 5.32 Å². The molecule has 0 amide bonds. The van der Waals surface area contributed by atoms with E-state index in [1.807, 2.05) is 29.0 Å². The molecule has 134 valence electrons. The van der Waals surface area contributed by atoms with Gasteiger partial charge in [-0.2, -0.15) is 0 Å². The van der Waals surface area contributed by atoms with E-state index in [9.17, 15) is 19.8 Å². The van der Waals surface area contributed by atoms with Gasteiger partial charge in [-0.25, -0.2) is 14.6 Å². The smallest absolute Gasteiger partial charge is 0.334 e. The van der Waals surface area contributed by atoms with Crippen LogP contribution in [0.15, 0.2) is 65.5 Å². The molecule has 0 aliphatic carbocycles. The number of carboxylic acid groups (broad SMARTS) is 2. The molecule has 0 saturated heterocycles. The molecule has 7 heteroatoms. The van der Waals surface area contributed by atoms with Crippen LogP contribution in [0, 0.1) is 0 Å². The predicted molar refractivity (Wildman–Crippen MR) is 94.3 cm³/mol. The number of nitrogens with zero attached hydrogens (tertiary/aromatic N) is 2. The van der Waals surface area contributed by atoms with Crippen molar-refractivity contribution in [3.63, 3.8) is 0 Å². The number of aliphatic carboxylic acids is 2. The fourth-order valence-electron chi connectivity index (χ4n) is 3.36. The Morgan fingerprint density at radius 2 is 1.81 bits per heavy atom. The van der Waals surface area contributed by atoms with E-state index in [0.29, 0.717) is 23.5 Å². The summed E-state index contributed by atoms with van der Waals surface area (Å²) in [5.41, 5.74) is 2.57. The first-order chi connectivity index (χ1) is 12.4. The van der Waals surface area contributed by atoms with Gasteiger partial charge in [-0.15, -0.1) is 0 Å². The quantitative estimate of drug-likeness (QED) is 0.762. The normalized spacial score (nSPS) is 15.2. The topological polar surface area (TPSA) is 104 Å². The van der Waals surface area contributed by atoms with E-state index in [4.69, 9.17) is 0 Å². The fraction of sp³-hybridized carbons (Fsp3) is 0.211. The number of carboxylic acids is 2. The molecule has 1 aromatic heterocycles. The van der Waals surface area contributed by atoms with Crippen LogP contribution in [0.4, 0.5) is 0 Å². The van der Waals surface area contributed by atoms with Crippen molar-refractivity contribution in [2.45, 2.75) is 26.3 Å². The van der Waals surface area contributed by atoms with Crippen LogP contribution in [-0.4, -0.2) is 31.7 Å². The summed E-state index contributed by atoms with van der Waals surface area (Å²) in [7, 11) is 0. The Morgan fingerprint density at radius 3 is 2.35 bits per heavy atom. The first kappa shape index (κ1) is 17.5. The molecule has 0 bridgehead atoms. The van der Waals surface area contributed by atoms with Crippen molar-refractivity contribution in [2.24, 2.45) is 0 Å². The molecule has 1 aliphatic rings. The number of aromatic nitrogens is 2. The lowest BCUT2D eigenvalue weighted by Crippen LogP contribution is -2.31. The number of rotatable bonds is 5. The number of hydrogen-bond donors (Lipinski definition) is 3. The van der Waals surface area contributed by atoms with Gasteiger partial charge < -0.3 is 20.1 Å². The Labute approximate surface area is 150 Å². The second kappa shape index (κ2) is 6.87. The van der Waals surface area contributed by atoms with Gasteiger partial charge in [-0.3, -0.25) is 0 Å². The van der Waals surface area contributed by atoms with Crippen LogP contribution in [0.25, 0.3) is 0 Å². The van der Waals surface area contributed by atoms with Crippen molar-refractivity contribution in [1.82, 2.24) is 14.9 Å². The number of benzene rings is 1. The lowest BCUT2D eigenvalue weighted by Gasteiger charge is -2.29. The molecule has 0 fully saturated rings. The second-order valence-corrected chi connectivity index (χ2v) is 6.23. The van der Waals surface area contributed by atoms with Gasteiger partial charge in [0.15, 0.2) is 0 Å². The predicted octanol–water partition coefficient (Wildman–Crippen LogP) is 2.34. The highest BCUT2D eigenvalue weighted by atomic mass is 16.4. The van der Waals surface area contributed by atoms with E-state index >= 15 is 0 Å². The molecule has 0 atom stereocenters. The molecular formula is C19H19N3O4. The van der Waals surface area contributed by atoms with Gasteiger partial charge in [-0.1, -0.05) is 24.3 Å². The van der Waals surface area contributed by atoms with E-state index in [2.05, 4.69) is 10.3 Å². The Bertz CT molecular complexity index is 890. The van der Waals surface area contributed by atoms with Gasteiger partial charge in [0.2, 0.25) is 0 Å². The van der Waals surface area contributed by atoms with Crippen molar-refractivity contribution in [2.75, 3.05) is 0 Å². The molecule has 2 aromatic rings. The van der Waals surface area contributed by atoms with Gasteiger partial charge >= 0.3 is 11.9 Å². The third kappa shape index (κ3) is 3.23. The number of allylic oxidation sites excluding steroid dienone is 2. The number of hydrogen-bond acceptors (Lipinski definition) is 4. The van der Waals surface area contributed by atoms with E-state index in [1.165, 1.54) is 0 Å². The number of carbonyl (C=O) groups is 2. The monoisotopic (exact) mass is 353 g/mol. The Hall–Kier alpha value is -3.35. The Morgan fingerprint density at radius 1 is 1.15 bits per heavy atom.